The number of hydrazone groups is 2. The van der Waals surface area contributed by atoms with E-state index in [0.29, 0.717) is 0 Å². The van der Waals surface area contributed by atoms with Gasteiger partial charge >= 0.3 is 0 Å². The first kappa shape index (κ1) is 26.1. The zero-order valence-corrected chi connectivity index (χ0v) is 21.7. The van der Waals surface area contributed by atoms with Crippen molar-refractivity contribution in [1.29, 1.82) is 0 Å². The third-order valence-corrected chi connectivity index (χ3v) is 6.15. The largest absolute Gasteiger partial charge is 0.376 e. The summed E-state index contributed by atoms with van der Waals surface area (Å²) in [5, 5.41) is 18.8. The van der Waals surface area contributed by atoms with Crippen LogP contribution >= 0.6 is 0 Å². The predicted octanol–water partition coefficient (Wildman–Crippen LogP) is 5.12. The number of nitrogens with zero attached hydrogens (tertiary/aromatic N) is 2. The zero-order chi connectivity index (χ0) is 27.6. The van der Waals surface area contributed by atoms with E-state index in [9.17, 15) is 9.59 Å². The summed E-state index contributed by atoms with van der Waals surface area (Å²) in [6.45, 7) is 0.211. The lowest BCUT2D eigenvalue weighted by Crippen LogP contribution is -2.25. The molecule has 0 radical (unpaired) electrons. The second-order valence-electron chi connectivity index (χ2n) is 9.08. The summed E-state index contributed by atoms with van der Waals surface area (Å²) in [5.41, 5.74) is 8.39. The maximum atomic E-state index is 12.1. The summed E-state index contributed by atoms with van der Waals surface area (Å²) < 4.78 is 0. The summed E-state index contributed by atoms with van der Waals surface area (Å²) in [4.78, 5) is 24.3. The molecule has 0 bridgehead atoms. The minimum atomic E-state index is -0.251. The van der Waals surface area contributed by atoms with Gasteiger partial charge in [-0.05, 0) is 56.9 Å². The number of anilines is 2. The highest BCUT2D eigenvalue weighted by Crippen LogP contribution is 2.19. The molecular weight excluding hydrogens is 500 g/mol. The van der Waals surface area contributed by atoms with E-state index in [-0.39, 0.29) is 24.9 Å². The first-order valence-corrected chi connectivity index (χ1v) is 12.8. The number of nitrogens with one attached hydrogen (secondary N) is 4. The van der Waals surface area contributed by atoms with Crippen LogP contribution in [-0.4, -0.2) is 37.3 Å². The molecule has 0 saturated carbocycles. The SMILES string of the molecule is O=C(CNc1ccc2ccccc2c1)N/N=C/c1ccc(/C=N/NC(=O)CNc2ccc3ccccc3c2)cc1. The Hall–Kier alpha value is -5.50. The molecule has 5 aromatic carbocycles. The molecule has 4 N–H and O–H groups in total. The number of hydrogen-bond donors (Lipinski definition) is 4. The molecule has 5 aromatic rings. The second kappa shape index (κ2) is 12.8. The summed E-state index contributed by atoms with van der Waals surface area (Å²) in [7, 11) is 0. The van der Waals surface area contributed by atoms with E-state index in [1.54, 1.807) is 12.4 Å². The van der Waals surface area contributed by atoms with Crippen molar-refractivity contribution in [2.24, 2.45) is 10.2 Å². The van der Waals surface area contributed by atoms with Gasteiger partial charge in [-0.2, -0.15) is 10.2 Å². The van der Waals surface area contributed by atoms with Crippen molar-refractivity contribution < 1.29 is 9.59 Å². The van der Waals surface area contributed by atoms with Crippen LogP contribution in [-0.2, 0) is 9.59 Å². The van der Waals surface area contributed by atoms with Crippen molar-refractivity contribution >= 4 is 57.2 Å². The van der Waals surface area contributed by atoms with Crippen LogP contribution in [0.1, 0.15) is 11.1 Å². The van der Waals surface area contributed by atoms with Gasteiger partial charge in [0.1, 0.15) is 0 Å². The lowest BCUT2D eigenvalue weighted by molar-refractivity contribution is -0.120. The van der Waals surface area contributed by atoms with Crippen LogP contribution in [0.3, 0.4) is 0 Å². The van der Waals surface area contributed by atoms with Gasteiger partial charge in [0, 0.05) is 11.4 Å². The van der Waals surface area contributed by atoms with Crippen LogP contribution in [0.15, 0.2) is 119 Å². The molecule has 0 aliphatic heterocycles. The Balaban J connectivity index is 1.02. The van der Waals surface area contributed by atoms with E-state index in [1.807, 2.05) is 109 Å². The molecule has 0 aliphatic carbocycles. The molecular formula is C32H28N6O2. The normalized spacial score (nSPS) is 11.2. The zero-order valence-electron chi connectivity index (χ0n) is 21.7. The third-order valence-electron chi connectivity index (χ3n) is 6.15. The molecule has 0 fully saturated rings. The number of fused-ring (bicyclic) bond motifs is 2. The molecule has 0 unspecified atom stereocenters. The number of benzene rings is 5. The van der Waals surface area contributed by atoms with E-state index in [2.05, 4.69) is 31.7 Å². The highest BCUT2D eigenvalue weighted by atomic mass is 16.2. The Bertz CT molecular complexity index is 1570. The minimum absolute atomic E-state index is 0.106. The summed E-state index contributed by atoms with van der Waals surface area (Å²) in [6, 6.07) is 35.4. The Morgan fingerprint density at radius 1 is 0.525 bits per heavy atom. The van der Waals surface area contributed by atoms with E-state index in [0.717, 1.165) is 44.0 Å². The average molecular weight is 529 g/mol. The van der Waals surface area contributed by atoms with Gasteiger partial charge < -0.3 is 10.6 Å². The monoisotopic (exact) mass is 528 g/mol. The molecule has 0 aliphatic rings. The number of rotatable bonds is 10. The summed E-state index contributed by atoms with van der Waals surface area (Å²) >= 11 is 0. The van der Waals surface area contributed by atoms with Gasteiger partial charge in [-0.3, -0.25) is 9.59 Å². The van der Waals surface area contributed by atoms with Crippen molar-refractivity contribution in [2.45, 2.75) is 0 Å². The van der Waals surface area contributed by atoms with Gasteiger partial charge in [0.25, 0.3) is 11.8 Å². The van der Waals surface area contributed by atoms with Crippen molar-refractivity contribution in [2.75, 3.05) is 23.7 Å². The molecule has 198 valence electrons. The molecule has 0 saturated heterocycles. The van der Waals surface area contributed by atoms with E-state index < -0.39 is 0 Å². The van der Waals surface area contributed by atoms with Gasteiger partial charge in [-0.1, -0.05) is 84.9 Å². The highest BCUT2D eigenvalue weighted by Gasteiger charge is 2.02. The third kappa shape index (κ3) is 7.29. The first-order chi connectivity index (χ1) is 19.6. The molecule has 40 heavy (non-hydrogen) atoms. The molecule has 0 spiro atoms. The minimum Gasteiger partial charge on any atom is -0.376 e. The van der Waals surface area contributed by atoms with Crippen molar-refractivity contribution in [3.05, 3.63) is 120 Å². The maximum absolute atomic E-state index is 12.1. The molecule has 0 heterocycles. The fourth-order valence-corrected chi connectivity index (χ4v) is 4.07. The number of hydrogen-bond acceptors (Lipinski definition) is 6. The van der Waals surface area contributed by atoms with E-state index >= 15 is 0 Å². The maximum Gasteiger partial charge on any atom is 0.259 e. The van der Waals surface area contributed by atoms with E-state index in [1.165, 1.54) is 0 Å². The van der Waals surface area contributed by atoms with Gasteiger partial charge in [-0.25, -0.2) is 10.9 Å². The van der Waals surface area contributed by atoms with Gasteiger partial charge in [0.2, 0.25) is 0 Å². The van der Waals surface area contributed by atoms with Crippen LogP contribution in [0.4, 0.5) is 11.4 Å². The predicted molar refractivity (Wildman–Crippen MR) is 163 cm³/mol. The van der Waals surface area contributed by atoms with E-state index in [4.69, 9.17) is 0 Å². The average Bonchev–Trinajstić information content (AvgIpc) is 2.99. The lowest BCUT2D eigenvalue weighted by atomic mass is 10.1. The van der Waals surface area contributed by atoms with Crippen molar-refractivity contribution in [1.82, 2.24) is 10.9 Å². The van der Waals surface area contributed by atoms with Gasteiger partial charge in [0.05, 0.1) is 25.5 Å². The van der Waals surface area contributed by atoms with Crippen molar-refractivity contribution in [3.63, 3.8) is 0 Å². The van der Waals surface area contributed by atoms with Crippen LogP contribution < -0.4 is 21.5 Å². The first-order valence-electron chi connectivity index (χ1n) is 12.8. The molecule has 8 nitrogen and oxygen atoms in total. The van der Waals surface area contributed by atoms with Crippen LogP contribution in [0.25, 0.3) is 21.5 Å². The molecule has 0 atom stereocenters. The summed E-state index contributed by atoms with van der Waals surface area (Å²) in [6.07, 6.45) is 3.13. The Kier molecular flexibility index (Phi) is 8.38. The molecule has 2 amide bonds. The number of amides is 2. The standard InChI is InChI=1S/C32H28N6O2/c39-31(21-33-29-15-13-25-5-1-3-7-27(25)17-29)37-35-19-23-9-11-24(12-10-23)20-36-38-32(40)22-34-30-16-14-26-6-2-4-8-28(26)18-30/h1-20,33-34H,21-22H2,(H,37,39)(H,38,40)/b35-19+,36-20+. The number of carbonyl (C=O) groups is 2. The number of carbonyl (C=O) groups excluding carboxylic acids is 2. The van der Waals surface area contributed by atoms with Crippen LogP contribution in [0.5, 0.6) is 0 Å². The Morgan fingerprint density at radius 3 is 1.35 bits per heavy atom. The van der Waals surface area contributed by atoms with Crippen molar-refractivity contribution in [3.8, 4) is 0 Å². The molecule has 0 aromatic heterocycles. The smallest absolute Gasteiger partial charge is 0.259 e. The van der Waals surface area contributed by atoms with Crippen LogP contribution in [0.2, 0.25) is 0 Å². The van der Waals surface area contributed by atoms with Gasteiger partial charge in [0.15, 0.2) is 0 Å². The topological polar surface area (TPSA) is 107 Å². The Labute approximate surface area is 231 Å². The quantitative estimate of drug-likeness (QED) is 0.149. The highest BCUT2D eigenvalue weighted by molar-refractivity contribution is 5.89. The molecule has 5 rings (SSSR count). The fourth-order valence-electron chi connectivity index (χ4n) is 4.07. The van der Waals surface area contributed by atoms with Gasteiger partial charge in [-0.15, -0.1) is 0 Å². The summed E-state index contributed by atoms with van der Waals surface area (Å²) in [5.74, 6) is -0.502. The fraction of sp³-hybridized carbons (Fsp3) is 0.0625. The second-order valence-corrected chi connectivity index (χ2v) is 9.08. The molecule has 8 heteroatoms. The van der Waals surface area contributed by atoms with Crippen LogP contribution in [0, 0.1) is 0 Å². The Morgan fingerprint density at radius 2 is 0.925 bits per heavy atom. The lowest BCUT2D eigenvalue weighted by Gasteiger charge is -2.07.